The summed E-state index contributed by atoms with van der Waals surface area (Å²) in [7, 11) is 1.41. The smallest absolute Gasteiger partial charge is 0.262 e. The molecule has 0 saturated heterocycles. The Morgan fingerprint density at radius 2 is 1.66 bits per heavy atom. The molecule has 1 amide bonds. The minimum absolute atomic E-state index is 0.0140. The van der Waals surface area contributed by atoms with Crippen molar-refractivity contribution in [1.82, 2.24) is 10.2 Å². The highest BCUT2D eigenvalue weighted by atomic mass is 32.2. The lowest BCUT2D eigenvalue weighted by atomic mass is 10.1. The van der Waals surface area contributed by atoms with E-state index < -0.39 is 10.0 Å². The number of nitrogens with one attached hydrogen (secondary N) is 2. The van der Waals surface area contributed by atoms with Crippen molar-refractivity contribution in [3.8, 4) is 5.75 Å². The molecule has 0 aromatic heterocycles. The first kappa shape index (κ1) is 23.3. The largest absolute Gasteiger partial charge is 0.495 e. The maximum absolute atomic E-state index is 13.0. The van der Waals surface area contributed by atoms with E-state index in [4.69, 9.17) is 4.74 Å². The predicted octanol–water partition coefficient (Wildman–Crippen LogP) is 3.53. The molecule has 3 aromatic carbocycles. The number of carbonyl (C=O) groups is 1. The fourth-order valence-corrected chi connectivity index (χ4v) is 4.38. The Labute approximate surface area is 189 Å². The van der Waals surface area contributed by atoms with Crippen LogP contribution in [0.2, 0.25) is 0 Å². The maximum atomic E-state index is 13.0. The maximum Gasteiger partial charge on any atom is 0.262 e. The molecule has 0 aliphatic heterocycles. The Hall–Kier alpha value is -3.36. The lowest BCUT2D eigenvalue weighted by molar-refractivity contribution is 0.0929. The summed E-state index contributed by atoms with van der Waals surface area (Å²) < 4.78 is 33.6. The zero-order valence-corrected chi connectivity index (χ0v) is 19.1. The number of benzene rings is 3. The second kappa shape index (κ2) is 10.3. The summed E-state index contributed by atoms with van der Waals surface area (Å²) in [5.74, 6) is 0.0504. The number of sulfonamides is 1. The number of ether oxygens (including phenoxy) is 1. The van der Waals surface area contributed by atoms with Crippen molar-refractivity contribution < 1.29 is 17.9 Å². The summed E-state index contributed by atoms with van der Waals surface area (Å²) in [5.41, 5.74) is 1.55. The van der Waals surface area contributed by atoms with Gasteiger partial charge >= 0.3 is 0 Å². The third kappa shape index (κ3) is 5.87. The van der Waals surface area contributed by atoms with Crippen molar-refractivity contribution in [2.45, 2.75) is 10.9 Å². The molecule has 0 bridgehead atoms. The average molecular weight is 454 g/mol. The van der Waals surface area contributed by atoms with E-state index >= 15 is 0 Å². The van der Waals surface area contributed by atoms with Gasteiger partial charge in [0, 0.05) is 12.1 Å². The fourth-order valence-electron chi connectivity index (χ4n) is 3.26. The molecule has 0 unspecified atom stereocenters. The van der Waals surface area contributed by atoms with Crippen molar-refractivity contribution in [1.29, 1.82) is 0 Å². The van der Waals surface area contributed by atoms with Crippen LogP contribution in [0.15, 0.2) is 83.8 Å². The van der Waals surface area contributed by atoms with E-state index in [2.05, 4.69) is 10.0 Å². The van der Waals surface area contributed by atoms with Gasteiger partial charge in [-0.15, -0.1) is 0 Å². The highest BCUT2D eigenvalue weighted by Crippen LogP contribution is 2.26. The lowest BCUT2D eigenvalue weighted by Gasteiger charge is -2.23. The highest BCUT2D eigenvalue weighted by molar-refractivity contribution is 7.92. The molecule has 0 saturated carbocycles. The number of methoxy groups -OCH3 is 1. The van der Waals surface area contributed by atoms with Gasteiger partial charge < -0.3 is 15.0 Å². The molecular formula is C24H27N3O4S. The number of para-hydroxylation sites is 2. The van der Waals surface area contributed by atoms with Crippen molar-refractivity contribution in [3.63, 3.8) is 0 Å². The van der Waals surface area contributed by atoms with E-state index in [9.17, 15) is 13.2 Å². The molecule has 1 atom stereocenters. The topological polar surface area (TPSA) is 87.7 Å². The van der Waals surface area contributed by atoms with Crippen LogP contribution in [0.25, 0.3) is 0 Å². The molecule has 3 rings (SSSR count). The number of anilines is 1. The zero-order valence-electron chi connectivity index (χ0n) is 18.3. The minimum Gasteiger partial charge on any atom is -0.495 e. The van der Waals surface area contributed by atoms with Crippen LogP contribution in [0.4, 0.5) is 5.69 Å². The number of rotatable bonds is 9. The Morgan fingerprint density at radius 1 is 0.969 bits per heavy atom. The van der Waals surface area contributed by atoms with Crippen LogP contribution < -0.4 is 14.8 Å². The number of carbonyl (C=O) groups excluding carboxylic acids is 1. The van der Waals surface area contributed by atoms with E-state index in [0.29, 0.717) is 18.0 Å². The molecule has 8 heteroatoms. The molecule has 7 nitrogen and oxygen atoms in total. The van der Waals surface area contributed by atoms with E-state index in [-0.39, 0.29) is 22.4 Å². The first-order chi connectivity index (χ1) is 15.3. The molecule has 0 heterocycles. The Kier molecular flexibility index (Phi) is 7.50. The number of hydrogen-bond acceptors (Lipinski definition) is 5. The van der Waals surface area contributed by atoms with Gasteiger partial charge in [0.05, 0.1) is 23.7 Å². The fraction of sp³-hybridized carbons (Fsp3) is 0.208. The quantitative estimate of drug-likeness (QED) is 0.518. The SMILES string of the molecule is COc1ccccc1NS(=O)(=O)c1cccc(C(=O)N[C@H](CN(C)C)c2ccccc2)c1. The van der Waals surface area contributed by atoms with Crippen LogP contribution in [0, 0.1) is 0 Å². The summed E-state index contributed by atoms with van der Waals surface area (Å²) >= 11 is 0. The molecule has 2 N–H and O–H groups in total. The number of amides is 1. The van der Waals surface area contributed by atoms with Gasteiger partial charge in [-0.05, 0) is 50.0 Å². The first-order valence-electron chi connectivity index (χ1n) is 10.1. The van der Waals surface area contributed by atoms with E-state index in [1.165, 1.54) is 19.2 Å². The van der Waals surface area contributed by atoms with E-state index in [1.807, 2.05) is 49.3 Å². The summed E-state index contributed by atoms with van der Waals surface area (Å²) in [5, 5.41) is 3.01. The Balaban J connectivity index is 1.83. The number of likely N-dealkylation sites (N-methyl/N-ethyl adjacent to an activating group) is 1. The summed E-state index contributed by atoms with van der Waals surface area (Å²) in [4.78, 5) is 15.0. The molecule has 0 spiro atoms. The molecule has 0 fully saturated rings. The third-order valence-corrected chi connectivity index (χ3v) is 6.18. The van der Waals surface area contributed by atoms with Gasteiger partial charge in [0.2, 0.25) is 0 Å². The van der Waals surface area contributed by atoms with Crippen molar-refractivity contribution in [2.75, 3.05) is 32.5 Å². The molecule has 32 heavy (non-hydrogen) atoms. The normalized spacial score (nSPS) is 12.2. The minimum atomic E-state index is -3.92. The molecule has 0 aliphatic rings. The second-order valence-corrected chi connectivity index (χ2v) is 9.21. The van der Waals surface area contributed by atoms with Gasteiger partial charge in [0.15, 0.2) is 0 Å². The van der Waals surface area contributed by atoms with Gasteiger partial charge in [0.1, 0.15) is 5.75 Å². The molecular weight excluding hydrogens is 426 g/mol. The van der Waals surface area contributed by atoms with Crippen LogP contribution in [0.5, 0.6) is 5.75 Å². The van der Waals surface area contributed by atoms with Gasteiger partial charge in [-0.3, -0.25) is 9.52 Å². The standard InChI is InChI=1S/C24H27N3O4S/c1-27(2)17-22(18-10-5-4-6-11-18)25-24(28)19-12-9-13-20(16-19)32(29,30)26-21-14-7-8-15-23(21)31-3/h4-16,22,26H,17H2,1-3H3,(H,25,28)/t22-/m1/s1. The van der Waals surface area contributed by atoms with Crippen LogP contribution in [-0.2, 0) is 10.0 Å². The molecule has 168 valence electrons. The van der Waals surface area contributed by atoms with E-state index in [0.717, 1.165) is 5.56 Å². The molecule has 0 radical (unpaired) electrons. The second-order valence-electron chi connectivity index (χ2n) is 7.53. The van der Waals surface area contributed by atoms with Gasteiger partial charge in [0.25, 0.3) is 15.9 Å². The summed E-state index contributed by atoms with van der Waals surface area (Å²) in [6, 6.07) is 22.1. The van der Waals surface area contributed by atoms with Crippen LogP contribution >= 0.6 is 0 Å². The van der Waals surface area contributed by atoms with Gasteiger partial charge in [-0.25, -0.2) is 8.42 Å². The predicted molar refractivity (Wildman–Crippen MR) is 125 cm³/mol. The summed E-state index contributed by atoms with van der Waals surface area (Å²) in [6.07, 6.45) is 0. The number of hydrogen-bond donors (Lipinski definition) is 2. The van der Waals surface area contributed by atoms with Crippen LogP contribution in [-0.4, -0.2) is 47.0 Å². The first-order valence-corrected chi connectivity index (χ1v) is 11.5. The highest BCUT2D eigenvalue weighted by Gasteiger charge is 2.20. The Morgan fingerprint density at radius 3 is 2.34 bits per heavy atom. The van der Waals surface area contributed by atoms with Crippen LogP contribution in [0.1, 0.15) is 22.0 Å². The van der Waals surface area contributed by atoms with Crippen molar-refractivity contribution in [3.05, 3.63) is 90.0 Å². The van der Waals surface area contributed by atoms with Crippen molar-refractivity contribution in [2.24, 2.45) is 0 Å². The molecule has 3 aromatic rings. The Bertz CT molecular complexity index is 1160. The monoisotopic (exact) mass is 453 g/mol. The van der Waals surface area contributed by atoms with E-state index in [1.54, 1.807) is 36.4 Å². The molecule has 0 aliphatic carbocycles. The van der Waals surface area contributed by atoms with Gasteiger partial charge in [-0.2, -0.15) is 0 Å². The third-order valence-electron chi connectivity index (χ3n) is 4.81. The van der Waals surface area contributed by atoms with Crippen molar-refractivity contribution >= 4 is 21.6 Å². The average Bonchev–Trinajstić information content (AvgIpc) is 2.79. The summed E-state index contributed by atoms with van der Waals surface area (Å²) in [6.45, 7) is 0.600. The number of nitrogens with zero attached hydrogens (tertiary/aromatic N) is 1. The van der Waals surface area contributed by atoms with Gasteiger partial charge in [-0.1, -0.05) is 48.5 Å². The lowest BCUT2D eigenvalue weighted by Crippen LogP contribution is -2.35. The zero-order chi connectivity index (χ0) is 23.1. The van der Waals surface area contributed by atoms with Crippen LogP contribution in [0.3, 0.4) is 0 Å².